The van der Waals surface area contributed by atoms with Gasteiger partial charge in [0.25, 0.3) is 5.91 Å². The number of anilines is 1. The molecule has 154 valence electrons. The highest BCUT2D eigenvalue weighted by Gasteiger charge is 2.28. The van der Waals surface area contributed by atoms with Gasteiger partial charge in [-0.1, -0.05) is 24.3 Å². The van der Waals surface area contributed by atoms with Gasteiger partial charge in [0.05, 0.1) is 16.8 Å². The van der Waals surface area contributed by atoms with Crippen molar-refractivity contribution >= 4 is 22.8 Å². The number of para-hydroxylation sites is 1. The molecule has 1 atom stereocenters. The largest absolute Gasteiger partial charge is 0.368 e. The number of carbonyl (C=O) groups excluding carboxylic acids is 1. The van der Waals surface area contributed by atoms with E-state index >= 15 is 0 Å². The number of rotatable bonds is 8. The van der Waals surface area contributed by atoms with Crippen LogP contribution >= 0.6 is 0 Å². The van der Waals surface area contributed by atoms with Crippen LogP contribution < -0.4 is 10.6 Å². The summed E-state index contributed by atoms with van der Waals surface area (Å²) in [6.45, 7) is 10.9. The molecule has 3 heterocycles. The maximum Gasteiger partial charge on any atom is 0.253 e. The summed E-state index contributed by atoms with van der Waals surface area (Å²) in [6, 6.07) is 7.90. The number of hydrogen-bond donors (Lipinski definition) is 3. The Hall–Kier alpha value is -3.41. The van der Waals surface area contributed by atoms with Gasteiger partial charge in [0.15, 0.2) is 0 Å². The zero-order chi connectivity index (χ0) is 21.1. The third kappa shape index (κ3) is 3.73. The van der Waals surface area contributed by atoms with Gasteiger partial charge in [0, 0.05) is 36.0 Å². The lowest BCUT2D eigenvalue weighted by Crippen LogP contribution is -2.34. The van der Waals surface area contributed by atoms with Crippen LogP contribution in [0.15, 0.2) is 49.6 Å². The number of aromatic amines is 1. The molecule has 30 heavy (non-hydrogen) atoms. The van der Waals surface area contributed by atoms with E-state index in [4.69, 9.17) is 9.97 Å². The number of benzene rings is 1. The van der Waals surface area contributed by atoms with Crippen molar-refractivity contribution in [3.63, 3.8) is 0 Å². The summed E-state index contributed by atoms with van der Waals surface area (Å²) >= 11 is 0. The van der Waals surface area contributed by atoms with Crippen LogP contribution in [0.1, 0.15) is 46.9 Å². The van der Waals surface area contributed by atoms with Gasteiger partial charge < -0.3 is 15.6 Å². The summed E-state index contributed by atoms with van der Waals surface area (Å²) < 4.78 is 0. The topological polar surface area (TPSA) is 82.7 Å². The molecule has 0 radical (unpaired) electrons. The van der Waals surface area contributed by atoms with Gasteiger partial charge in [-0.05, 0) is 38.3 Å². The van der Waals surface area contributed by atoms with Crippen molar-refractivity contribution in [2.24, 2.45) is 0 Å². The lowest BCUT2D eigenvalue weighted by molar-refractivity contribution is 0.0939. The fourth-order valence-corrected chi connectivity index (χ4v) is 3.95. The zero-order valence-corrected chi connectivity index (χ0v) is 17.3. The summed E-state index contributed by atoms with van der Waals surface area (Å²) in [5.41, 5.74) is 6.05. The fraction of sp³-hybridized carbons (Fsp3) is 0.292. The summed E-state index contributed by atoms with van der Waals surface area (Å²) in [5, 5.41) is 6.35. The number of H-pyrrole nitrogens is 1. The van der Waals surface area contributed by atoms with Gasteiger partial charge in [-0.15, -0.1) is 13.2 Å². The fourth-order valence-electron chi connectivity index (χ4n) is 3.95. The van der Waals surface area contributed by atoms with Crippen LogP contribution in [0.25, 0.3) is 22.3 Å². The molecule has 1 unspecified atom stereocenters. The maximum atomic E-state index is 12.5. The van der Waals surface area contributed by atoms with Crippen LogP contribution in [0.4, 0.5) is 5.82 Å². The van der Waals surface area contributed by atoms with Crippen LogP contribution in [-0.2, 0) is 0 Å². The normalized spacial score (nSPS) is 15.5. The first-order valence-electron chi connectivity index (χ1n) is 10.4. The molecule has 1 amide bonds. The van der Waals surface area contributed by atoms with Crippen LogP contribution in [0.5, 0.6) is 0 Å². The average molecular weight is 402 g/mol. The van der Waals surface area contributed by atoms with Crippen molar-refractivity contribution in [3.8, 4) is 11.3 Å². The highest BCUT2D eigenvalue weighted by atomic mass is 16.1. The van der Waals surface area contributed by atoms with Crippen molar-refractivity contribution in [2.45, 2.75) is 32.1 Å². The second-order valence-electron chi connectivity index (χ2n) is 7.62. The second kappa shape index (κ2) is 8.53. The Morgan fingerprint density at radius 1 is 1.20 bits per heavy atom. The minimum absolute atomic E-state index is 0.0312. The number of nitrogens with zero attached hydrogens (tertiary/aromatic N) is 2. The van der Waals surface area contributed by atoms with Crippen molar-refractivity contribution in [1.82, 2.24) is 20.3 Å². The monoisotopic (exact) mass is 401 g/mol. The Morgan fingerprint density at radius 2 is 2.03 bits per heavy atom. The van der Waals surface area contributed by atoms with E-state index in [0.717, 1.165) is 65.3 Å². The van der Waals surface area contributed by atoms with Crippen molar-refractivity contribution in [1.29, 1.82) is 0 Å². The number of carbonyl (C=O) groups is 1. The van der Waals surface area contributed by atoms with Gasteiger partial charge in [0.1, 0.15) is 11.3 Å². The molecule has 3 aromatic rings. The molecule has 0 spiro atoms. The van der Waals surface area contributed by atoms with E-state index in [2.05, 4.69) is 28.8 Å². The van der Waals surface area contributed by atoms with Crippen LogP contribution in [0.2, 0.25) is 0 Å². The van der Waals surface area contributed by atoms with Gasteiger partial charge in [-0.25, -0.2) is 9.97 Å². The third-order valence-electron chi connectivity index (χ3n) is 5.53. The van der Waals surface area contributed by atoms with Gasteiger partial charge in [0.2, 0.25) is 0 Å². The summed E-state index contributed by atoms with van der Waals surface area (Å²) in [6.07, 6.45) is 6.50. The SMILES string of the molecule is C=CCCNc1nc2c(-c3cc4c([nH]3)C(CCC=C)CNC4=O)cccc2nc1C. The van der Waals surface area contributed by atoms with Crippen LogP contribution in [0.3, 0.4) is 0 Å². The minimum atomic E-state index is -0.0312. The zero-order valence-electron chi connectivity index (χ0n) is 17.3. The van der Waals surface area contributed by atoms with Gasteiger partial charge in [-0.2, -0.15) is 0 Å². The number of aromatic nitrogens is 3. The van der Waals surface area contributed by atoms with Gasteiger partial charge >= 0.3 is 0 Å². The molecule has 4 rings (SSSR count). The molecule has 3 N–H and O–H groups in total. The van der Waals surface area contributed by atoms with E-state index in [1.807, 2.05) is 43.3 Å². The predicted molar refractivity (Wildman–Crippen MR) is 122 cm³/mol. The van der Waals surface area contributed by atoms with Crippen LogP contribution in [-0.4, -0.2) is 33.9 Å². The molecule has 1 aromatic carbocycles. The number of fused-ring (bicyclic) bond motifs is 2. The van der Waals surface area contributed by atoms with E-state index in [-0.39, 0.29) is 11.8 Å². The summed E-state index contributed by atoms with van der Waals surface area (Å²) in [4.78, 5) is 25.6. The highest BCUT2D eigenvalue weighted by molar-refractivity contribution is 6.00. The molecule has 6 nitrogen and oxygen atoms in total. The second-order valence-corrected chi connectivity index (χ2v) is 7.62. The number of amides is 1. The Morgan fingerprint density at radius 3 is 2.83 bits per heavy atom. The first kappa shape index (κ1) is 19.9. The molecule has 0 saturated carbocycles. The Balaban J connectivity index is 1.77. The van der Waals surface area contributed by atoms with E-state index in [1.165, 1.54) is 0 Å². The first-order chi connectivity index (χ1) is 14.6. The first-order valence-corrected chi connectivity index (χ1v) is 10.4. The molecule has 1 aliphatic heterocycles. The molecular formula is C24H27N5O. The smallest absolute Gasteiger partial charge is 0.253 e. The van der Waals surface area contributed by atoms with Crippen molar-refractivity contribution in [2.75, 3.05) is 18.4 Å². The summed E-state index contributed by atoms with van der Waals surface area (Å²) in [7, 11) is 0. The summed E-state index contributed by atoms with van der Waals surface area (Å²) in [5.74, 6) is 0.995. The number of aryl methyl sites for hydroxylation is 1. The number of hydrogen-bond acceptors (Lipinski definition) is 4. The lowest BCUT2D eigenvalue weighted by Gasteiger charge is -2.22. The Labute approximate surface area is 176 Å². The molecule has 0 aliphatic carbocycles. The van der Waals surface area contributed by atoms with Crippen molar-refractivity contribution in [3.05, 3.63) is 66.5 Å². The minimum Gasteiger partial charge on any atom is -0.368 e. The predicted octanol–water partition coefficient (Wildman–Crippen LogP) is 4.71. The number of nitrogens with one attached hydrogen (secondary N) is 3. The highest BCUT2D eigenvalue weighted by Crippen LogP contribution is 2.34. The van der Waals surface area contributed by atoms with E-state index in [0.29, 0.717) is 12.1 Å². The molecule has 1 aliphatic rings. The quantitative estimate of drug-likeness (QED) is 0.377. The van der Waals surface area contributed by atoms with E-state index < -0.39 is 0 Å². The van der Waals surface area contributed by atoms with Crippen LogP contribution in [0, 0.1) is 6.92 Å². The van der Waals surface area contributed by atoms with E-state index in [1.54, 1.807) is 0 Å². The van der Waals surface area contributed by atoms with E-state index in [9.17, 15) is 4.79 Å². The average Bonchev–Trinajstić information content (AvgIpc) is 3.20. The molecule has 6 heteroatoms. The lowest BCUT2D eigenvalue weighted by atomic mass is 9.93. The third-order valence-corrected chi connectivity index (χ3v) is 5.53. The van der Waals surface area contributed by atoms with Crippen molar-refractivity contribution < 1.29 is 4.79 Å². The Bertz CT molecular complexity index is 1110. The molecular weight excluding hydrogens is 374 g/mol. The standard InChI is InChI=1S/C24H27N5O/c1-4-6-9-16-14-26-24(30)18-13-20(28-21(16)18)17-10-8-11-19-22(17)29-23(15(3)27-19)25-12-7-5-2/h4-5,8,10-11,13,16,28H,1-2,6-7,9,12,14H2,3H3,(H,25,29)(H,26,30). The number of allylic oxidation sites excluding steroid dienone is 1. The molecule has 0 saturated heterocycles. The molecule has 2 aromatic heterocycles. The van der Waals surface area contributed by atoms with Gasteiger partial charge in [-0.3, -0.25) is 4.79 Å². The molecule has 0 bridgehead atoms. The Kier molecular flexibility index (Phi) is 5.65. The maximum absolute atomic E-state index is 12.5. The molecule has 0 fully saturated rings.